The quantitative estimate of drug-likeness (QED) is 0.788. The van der Waals surface area contributed by atoms with Gasteiger partial charge in [0.25, 0.3) is 10.2 Å². The van der Waals surface area contributed by atoms with E-state index in [4.69, 9.17) is 9.88 Å². The first-order valence-corrected chi connectivity index (χ1v) is 9.94. The number of anilines is 1. The Balaban J connectivity index is 1.80. The Morgan fingerprint density at radius 2 is 2.04 bits per heavy atom. The largest absolute Gasteiger partial charge is 0.481 e. The maximum atomic E-state index is 11.4. The molecular formula is C16H26N6O3S. The second-order valence-corrected chi connectivity index (χ2v) is 9.05. The maximum absolute atomic E-state index is 11.4. The molecule has 2 N–H and O–H groups in total. The number of ether oxygens (including phenoxy) is 1. The molecule has 0 saturated carbocycles. The molecule has 3 rings (SSSR count). The second kappa shape index (κ2) is 6.36. The summed E-state index contributed by atoms with van der Waals surface area (Å²) in [5, 5.41) is 9.61. The minimum Gasteiger partial charge on any atom is -0.481 e. The Bertz CT molecular complexity index is 933. The van der Waals surface area contributed by atoms with Gasteiger partial charge in [0.15, 0.2) is 5.82 Å². The Morgan fingerprint density at radius 1 is 1.38 bits per heavy atom. The standard InChI is InChI=1S/C16H26N6O3S/c1-11-8-13(25-5)22-14(11)15(18-12(2)19-22)21-9-16(3,10-21)6-7-20(4)26(17,23)24/h8H,6-7,9-10H2,1-5H3,(H2,17,23,24). The summed E-state index contributed by atoms with van der Waals surface area (Å²) >= 11 is 0. The Labute approximate surface area is 153 Å². The zero-order valence-corrected chi connectivity index (χ0v) is 16.7. The highest BCUT2D eigenvalue weighted by molar-refractivity contribution is 7.86. The number of hydrogen-bond acceptors (Lipinski definition) is 6. The number of nitrogens with two attached hydrogens (primary N) is 1. The van der Waals surface area contributed by atoms with E-state index in [-0.39, 0.29) is 5.41 Å². The fourth-order valence-electron chi connectivity index (χ4n) is 3.44. The highest BCUT2D eigenvalue weighted by Crippen LogP contribution is 2.39. The van der Waals surface area contributed by atoms with Crippen molar-refractivity contribution < 1.29 is 13.2 Å². The summed E-state index contributed by atoms with van der Waals surface area (Å²) in [6.07, 6.45) is 0.736. The van der Waals surface area contributed by atoms with E-state index >= 15 is 0 Å². The van der Waals surface area contributed by atoms with Gasteiger partial charge in [-0.2, -0.15) is 17.2 Å². The molecule has 0 bridgehead atoms. The molecule has 0 spiro atoms. The third-order valence-corrected chi connectivity index (χ3v) is 6.03. The number of fused-ring (bicyclic) bond motifs is 1. The van der Waals surface area contributed by atoms with Crippen LogP contribution in [0.3, 0.4) is 0 Å². The van der Waals surface area contributed by atoms with Gasteiger partial charge in [0, 0.05) is 38.2 Å². The fraction of sp³-hybridized carbons (Fsp3) is 0.625. The van der Waals surface area contributed by atoms with Crippen LogP contribution in [0.25, 0.3) is 5.52 Å². The number of aryl methyl sites for hydroxylation is 2. The molecular weight excluding hydrogens is 356 g/mol. The van der Waals surface area contributed by atoms with Gasteiger partial charge in [-0.3, -0.25) is 0 Å². The predicted molar refractivity (Wildman–Crippen MR) is 99.7 cm³/mol. The summed E-state index contributed by atoms with van der Waals surface area (Å²) in [6, 6.07) is 1.95. The van der Waals surface area contributed by atoms with Crippen LogP contribution in [0.15, 0.2) is 6.07 Å². The van der Waals surface area contributed by atoms with Gasteiger partial charge in [0.1, 0.15) is 11.3 Å². The normalized spacial score (nSPS) is 17.0. The fourth-order valence-corrected chi connectivity index (χ4v) is 3.78. The first kappa shape index (κ1) is 18.9. The molecule has 0 amide bonds. The van der Waals surface area contributed by atoms with Crippen molar-refractivity contribution in [2.24, 2.45) is 10.6 Å². The van der Waals surface area contributed by atoms with Crippen LogP contribution in [0.1, 0.15) is 24.7 Å². The Hall–Kier alpha value is -1.91. The summed E-state index contributed by atoms with van der Waals surface area (Å²) in [4.78, 5) is 6.85. The lowest BCUT2D eigenvalue weighted by Gasteiger charge is -2.49. The van der Waals surface area contributed by atoms with Gasteiger partial charge >= 0.3 is 0 Å². The molecule has 26 heavy (non-hydrogen) atoms. The molecule has 1 saturated heterocycles. The lowest BCUT2D eigenvalue weighted by molar-refractivity contribution is 0.208. The minimum atomic E-state index is -3.63. The number of hydrogen-bond donors (Lipinski definition) is 1. The maximum Gasteiger partial charge on any atom is 0.276 e. The molecule has 2 aromatic rings. The Kier molecular flexibility index (Phi) is 4.62. The first-order chi connectivity index (χ1) is 12.0. The van der Waals surface area contributed by atoms with Gasteiger partial charge in [-0.25, -0.2) is 10.1 Å². The van der Waals surface area contributed by atoms with E-state index in [1.54, 1.807) is 11.6 Å². The molecule has 1 aliphatic rings. The van der Waals surface area contributed by atoms with Crippen molar-refractivity contribution in [3.05, 3.63) is 17.5 Å². The highest BCUT2D eigenvalue weighted by Gasteiger charge is 2.40. The molecule has 10 heteroatoms. The lowest BCUT2D eigenvalue weighted by atomic mass is 9.79. The van der Waals surface area contributed by atoms with E-state index in [0.717, 1.165) is 36.4 Å². The first-order valence-electron chi connectivity index (χ1n) is 8.44. The molecule has 1 aliphatic heterocycles. The van der Waals surface area contributed by atoms with Crippen molar-refractivity contribution in [1.82, 2.24) is 18.9 Å². The van der Waals surface area contributed by atoms with Crippen molar-refractivity contribution in [1.29, 1.82) is 0 Å². The van der Waals surface area contributed by atoms with Crippen molar-refractivity contribution in [2.75, 3.05) is 38.7 Å². The van der Waals surface area contributed by atoms with Crippen LogP contribution in [-0.4, -0.2) is 61.1 Å². The van der Waals surface area contributed by atoms with Crippen LogP contribution in [0.5, 0.6) is 5.88 Å². The van der Waals surface area contributed by atoms with Gasteiger partial charge in [0.2, 0.25) is 5.88 Å². The topological polar surface area (TPSA) is 106 Å². The van der Waals surface area contributed by atoms with E-state index in [2.05, 4.69) is 21.9 Å². The van der Waals surface area contributed by atoms with Gasteiger partial charge in [0.05, 0.1) is 7.11 Å². The van der Waals surface area contributed by atoms with E-state index in [1.165, 1.54) is 11.4 Å². The molecule has 9 nitrogen and oxygen atoms in total. The highest BCUT2D eigenvalue weighted by atomic mass is 32.2. The third-order valence-electron chi connectivity index (χ3n) is 4.98. The van der Waals surface area contributed by atoms with Crippen LogP contribution in [0.2, 0.25) is 0 Å². The summed E-state index contributed by atoms with van der Waals surface area (Å²) in [6.45, 7) is 8.02. The number of aromatic nitrogens is 3. The lowest BCUT2D eigenvalue weighted by Crippen LogP contribution is -2.56. The molecule has 0 unspecified atom stereocenters. The van der Waals surface area contributed by atoms with Gasteiger partial charge in [-0.05, 0) is 25.8 Å². The molecule has 1 fully saturated rings. The number of nitrogens with zero attached hydrogens (tertiary/aromatic N) is 5. The van der Waals surface area contributed by atoms with E-state index in [0.29, 0.717) is 18.2 Å². The Morgan fingerprint density at radius 3 is 2.62 bits per heavy atom. The van der Waals surface area contributed by atoms with Crippen molar-refractivity contribution >= 4 is 21.5 Å². The molecule has 0 radical (unpaired) electrons. The van der Waals surface area contributed by atoms with E-state index < -0.39 is 10.2 Å². The SMILES string of the molecule is COc1cc(C)c2c(N3CC(C)(CCN(C)S(N)(=O)=O)C3)nc(C)nn12. The molecule has 2 aromatic heterocycles. The van der Waals surface area contributed by atoms with Crippen molar-refractivity contribution in [3.63, 3.8) is 0 Å². The van der Waals surface area contributed by atoms with E-state index in [9.17, 15) is 8.42 Å². The number of methoxy groups -OCH3 is 1. The molecule has 0 aliphatic carbocycles. The summed E-state index contributed by atoms with van der Waals surface area (Å²) in [7, 11) is -0.505. The average Bonchev–Trinajstić information content (AvgIpc) is 2.84. The number of rotatable bonds is 6. The van der Waals surface area contributed by atoms with Crippen molar-refractivity contribution in [2.45, 2.75) is 27.2 Å². The predicted octanol–water partition coefficient (Wildman–Crippen LogP) is 0.706. The average molecular weight is 382 g/mol. The second-order valence-electron chi connectivity index (χ2n) is 7.40. The van der Waals surface area contributed by atoms with Crippen LogP contribution < -0.4 is 14.8 Å². The van der Waals surface area contributed by atoms with Crippen LogP contribution in [-0.2, 0) is 10.2 Å². The molecule has 0 aromatic carbocycles. The monoisotopic (exact) mass is 382 g/mol. The minimum absolute atomic E-state index is 0.0133. The molecule has 3 heterocycles. The summed E-state index contributed by atoms with van der Waals surface area (Å²) in [5.41, 5.74) is 2.01. The van der Waals surface area contributed by atoms with Crippen molar-refractivity contribution in [3.8, 4) is 5.88 Å². The molecule has 0 atom stereocenters. The summed E-state index contributed by atoms with van der Waals surface area (Å²) < 4.78 is 31.1. The van der Waals surface area contributed by atoms with Crippen LogP contribution in [0.4, 0.5) is 5.82 Å². The zero-order valence-electron chi connectivity index (χ0n) is 15.9. The van der Waals surface area contributed by atoms with Gasteiger partial charge < -0.3 is 9.64 Å². The smallest absolute Gasteiger partial charge is 0.276 e. The third kappa shape index (κ3) is 3.36. The zero-order chi connectivity index (χ0) is 19.3. The van der Waals surface area contributed by atoms with E-state index in [1.807, 2.05) is 19.9 Å². The van der Waals surface area contributed by atoms with Gasteiger partial charge in [-0.1, -0.05) is 6.92 Å². The van der Waals surface area contributed by atoms with Gasteiger partial charge in [-0.15, -0.1) is 5.10 Å². The van der Waals surface area contributed by atoms with Crippen LogP contribution >= 0.6 is 0 Å². The summed E-state index contributed by atoms with van der Waals surface area (Å²) in [5.74, 6) is 2.24. The molecule has 144 valence electrons. The van der Waals surface area contributed by atoms with Crippen LogP contribution in [0, 0.1) is 19.3 Å².